The molecule has 1 amide bonds. The molecule has 0 fully saturated rings. The number of benzene rings is 2. The van der Waals surface area contributed by atoms with Gasteiger partial charge in [0.1, 0.15) is 5.75 Å². The minimum atomic E-state index is -0.416. The summed E-state index contributed by atoms with van der Waals surface area (Å²) in [5.41, 5.74) is 5.85. The summed E-state index contributed by atoms with van der Waals surface area (Å²) in [6, 6.07) is 10.9. The van der Waals surface area contributed by atoms with Crippen LogP contribution < -0.4 is 5.43 Å². The molecule has 4 heteroatoms. The highest BCUT2D eigenvalue weighted by Gasteiger charge is 2.19. The molecule has 2 aromatic carbocycles. The standard InChI is InChI=1S/C21H22N2O2/c1-13(2)15-9-8-14(3)19(11-15)22-23-21(25)18-10-16-6-4-5-7-17(16)12-20(18)24/h4-8,10,12,15,24H,1,9,11H2,2-3H3,(H,23,25)/b22-19-/t15-/m1/s1. The predicted octanol–water partition coefficient (Wildman–Crippen LogP) is 4.56. The highest BCUT2D eigenvalue weighted by molar-refractivity contribution is 6.04. The number of carbonyl (C=O) groups is 1. The molecule has 0 aliphatic heterocycles. The van der Waals surface area contributed by atoms with Gasteiger partial charge in [-0.2, -0.15) is 5.10 Å². The van der Waals surface area contributed by atoms with E-state index >= 15 is 0 Å². The number of carbonyl (C=O) groups excluding carboxylic acids is 1. The van der Waals surface area contributed by atoms with E-state index < -0.39 is 5.91 Å². The van der Waals surface area contributed by atoms with Gasteiger partial charge in [-0.05, 0) is 61.1 Å². The number of rotatable bonds is 3. The average molecular weight is 334 g/mol. The summed E-state index contributed by atoms with van der Waals surface area (Å²) in [6.45, 7) is 8.03. The van der Waals surface area contributed by atoms with Gasteiger partial charge < -0.3 is 5.11 Å². The summed E-state index contributed by atoms with van der Waals surface area (Å²) in [7, 11) is 0. The van der Waals surface area contributed by atoms with Crippen molar-refractivity contribution >= 4 is 22.4 Å². The molecule has 0 saturated heterocycles. The normalized spacial score (nSPS) is 18.9. The lowest BCUT2D eigenvalue weighted by Crippen LogP contribution is -2.23. The Morgan fingerprint density at radius 2 is 1.96 bits per heavy atom. The van der Waals surface area contributed by atoms with E-state index in [4.69, 9.17) is 0 Å². The molecular weight excluding hydrogens is 312 g/mol. The number of phenolic OH excluding ortho intramolecular Hbond substituents is 1. The van der Waals surface area contributed by atoms with Crippen molar-refractivity contribution in [3.8, 4) is 5.75 Å². The van der Waals surface area contributed by atoms with E-state index in [1.165, 1.54) is 0 Å². The molecule has 25 heavy (non-hydrogen) atoms. The van der Waals surface area contributed by atoms with Gasteiger partial charge >= 0.3 is 0 Å². The smallest absolute Gasteiger partial charge is 0.275 e. The molecule has 0 radical (unpaired) electrons. The van der Waals surface area contributed by atoms with Crippen molar-refractivity contribution in [3.63, 3.8) is 0 Å². The van der Waals surface area contributed by atoms with Gasteiger partial charge in [0.25, 0.3) is 5.91 Å². The quantitative estimate of drug-likeness (QED) is 0.638. The highest BCUT2D eigenvalue weighted by atomic mass is 16.3. The maximum absolute atomic E-state index is 12.5. The van der Waals surface area contributed by atoms with Crippen molar-refractivity contribution in [3.05, 3.63) is 65.8 Å². The number of allylic oxidation sites excluding steroid dienone is 3. The van der Waals surface area contributed by atoms with E-state index in [0.717, 1.165) is 40.5 Å². The summed E-state index contributed by atoms with van der Waals surface area (Å²) in [5.74, 6) is -0.110. The Hall–Kier alpha value is -2.88. The monoisotopic (exact) mass is 334 g/mol. The van der Waals surface area contributed by atoms with Crippen molar-refractivity contribution in [2.75, 3.05) is 0 Å². The van der Waals surface area contributed by atoms with Crippen LogP contribution in [0.1, 0.15) is 37.0 Å². The number of hydrazone groups is 1. The Bertz CT molecular complexity index is 909. The van der Waals surface area contributed by atoms with Gasteiger partial charge in [-0.15, -0.1) is 0 Å². The number of hydrogen-bond acceptors (Lipinski definition) is 3. The van der Waals surface area contributed by atoms with Crippen molar-refractivity contribution in [1.29, 1.82) is 0 Å². The summed E-state index contributed by atoms with van der Waals surface area (Å²) in [4.78, 5) is 12.5. The zero-order valence-electron chi connectivity index (χ0n) is 14.5. The minimum absolute atomic E-state index is 0.0490. The van der Waals surface area contributed by atoms with Crippen LogP contribution in [0.15, 0.2) is 65.3 Å². The van der Waals surface area contributed by atoms with Crippen LogP contribution in [-0.2, 0) is 0 Å². The van der Waals surface area contributed by atoms with Crippen LogP contribution >= 0.6 is 0 Å². The molecule has 0 spiro atoms. The Kier molecular flexibility index (Phi) is 4.70. The first kappa shape index (κ1) is 17.0. The zero-order chi connectivity index (χ0) is 18.0. The number of hydrogen-bond donors (Lipinski definition) is 2. The van der Waals surface area contributed by atoms with Crippen LogP contribution in [0.4, 0.5) is 0 Å². The van der Waals surface area contributed by atoms with Gasteiger partial charge in [-0.25, -0.2) is 5.43 Å². The first-order chi connectivity index (χ1) is 12.0. The Labute approximate surface area is 147 Å². The number of fused-ring (bicyclic) bond motifs is 1. The lowest BCUT2D eigenvalue weighted by Gasteiger charge is -2.22. The highest BCUT2D eigenvalue weighted by Crippen LogP contribution is 2.27. The molecule has 3 rings (SSSR count). The first-order valence-electron chi connectivity index (χ1n) is 8.37. The molecule has 2 aromatic rings. The number of aromatic hydroxyl groups is 1. The third kappa shape index (κ3) is 3.63. The third-order valence-corrected chi connectivity index (χ3v) is 4.70. The van der Waals surface area contributed by atoms with E-state index in [-0.39, 0.29) is 11.3 Å². The Morgan fingerprint density at radius 1 is 1.28 bits per heavy atom. The van der Waals surface area contributed by atoms with Gasteiger partial charge in [-0.3, -0.25) is 4.79 Å². The maximum atomic E-state index is 12.5. The van der Waals surface area contributed by atoms with Crippen LogP contribution in [0, 0.1) is 5.92 Å². The first-order valence-corrected chi connectivity index (χ1v) is 8.37. The van der Waals surface area contributed by atoms with Crippen molar-refractivity contribution in [1.82, 2.24) is 5.43 Å². The molecule has 0 bridgehead atoms. The van der Waals surface area contributed by atoms with Crippen LogP contribution in [0.2, 0.25) is 0 Å². The maximum Gasteiger partial charge on any atom is 0.275 e. The molecule has 1 atom stereocenters. The van der Waals surface area contributed by atoms with Gasteiger partial charge in [0.2, 0.25) is 0 Å². The van der Waals surface area contributed by atoms with Gasteiger partial charge in [0.15, 0.2) is 0 Å². The van der Waals surface area contributed by atoms with Crippen LogP contribution in [0.3, 0.4) is 0 Å². The Morgan fingerprint density at radius 3 is 2.64 bits per heavy atom. The Balaban J connectivity index is 1.82. The van der Waals surface area contributed by atoms with Gasteiger partial charge in [0.05, 0.1) is 11.3 Å². The summed E-state index contributed by atoms with van der Waals surface area (Å²) in [5, 5.41) is 16.2. The number of nitrogens with zero attached hydrogens (tertiary/aromatic N) is 1. The molecule has 4 nitrogen and oxygen atoms in total. The number of phenols is 1. The van der Waals surface area contributed by atoms with Gasteiger partial charge in [-0.1, -0.05) is 42.5 Å². The number of nitrogens with one attached hydrogen (secondary N) is 1. The summed E-state index contributed by atoms with van der Waals surface area (Å²) < 4.78 is 0. The van der Waals surface area contributed by atoms with Crippen LogP contribution in [0.5, 0.6) is 5.75 Å². The van der Waals surface area contributed by atoms with E-state index in [1.807, 2.05) is 38.1 Å². The second kappa shape index (κ2) is 6.93. The van der Waals surface area contributed by atoms with E-state index in [9.17, 15) is 9.90 Å². The summed E-state index contributed by atoms with van der Waals surface area (Å²) >= 11 is 0. The molecule has 0 aromatic heterocycles. The van der Waals surface area contributed by atoms with Crippen LogP contribution in [0.25, 0.3) is 10.8 Å². The van der Waals surface area contributed by atoms with E-state index in [1.54, 1.807) is 12.1 Å². The fourth-order valence-corrected chi connectivity index (χ4v) is 3.01. The third-order valence-electron chi connectivity index (χ3n) is 4.70. The van der Waals surface area contributed by atoms with E-state index in [2.05, 4.69) is 23.2 Å². The van der Waals surface area contributed by atoms with Crippen molar-refractivity contribution in [2.24, 2.45) is 11.0 Å². The molecule has 0 unspecified atom stereocenters. The molecule has 1 aliphatic rings. The molecule has 2 N–H and O–H groups in total. The topological polar surface area (TPSA) is 61.7 Å². The number of amides is 1. The second-order valence-corrected chi connectivity index (χ2v) is 6.59. The molecule has 1 aliphatic carbocycles. The van der Waals surface area contributed by atoms with Crippen molar-refractivity contribution < 1.29 is 9.90 Å². The van der Waals surface area contributed by atoms with E-state index in [0.29, 0.717) is 5.92 Å². The van der Waals surface area contributed by atoms with Gasteiger partial charge in [0, 0.05) is 0 Å². The molecule has 0 saturated carbocycles. The lowest BCUT2D eigenvalue weighted by molar-refractivity contribution is 0.0952. The predicted molar refractivity (Wildman–Crippen MR) is 102 cm³/mol. The molecule has 128 valence electrons. The largest absolute Gasteiger partial charge is 0.507 e. The fourth-order valence-electron chi connectivity index (χ4n) is 3.01. The zero-order valence-corrected chi connectivity index (χ0v) is 14.5. The van der Waals surface area contributed by atoms with Crippen molar-refractivity contribution in [2.45, 2.75) is 26.7 Å². The summed E-state index contributed by atoms with van der Waals surface area (Å²) in [6.07, 6.45) is 3.85. The lowest BCUT2D eigenvalue weighted by atomic mass is 9.85. The fraction of sp³-hybridized carbons (Fsp3) is 0.238. The minimum Gasteiger partial charge on any atom is -0.507 e. The average Bonchev–Trinajstić information content (AvgIpc) is 2.60. The SMILES string of the molecule is C=C(C)[C@@H]1CC=C(C)/C(=N\NC(=O)c2cc3ccccc3cc2O)C1. The molecular formula is C21H22N2O2. The second-order valence-electron chi connectivity index (χ2n) is 6.59. The molecule has 0 heterocycles. The van der Waals surface area contributed by atoms with Crippen LogP contribution in [-0.4, -0.2) is 16.7 Å².